The molecule has 0 aromatic heterocycles. The van der Waals surface area contributed by atoms with Gasteiger partial charge >= 0.3 is 47.2 Å². The Morgan fingerprint density at radius 1 is 0.244 bits per heavy atom. The van der Waals surface area contributed by atoms with Crippen LogP contribution in [0.25, 0.3) is 0 Å². The second kappa shape index (κ2) is 35.7. The van der Waals surface area contributed by atoms with Gasteiger partial charge in [-0.2, -0.15) is 0 Å². The molecule has 0 bridgehead atoms. The van der Waals surface area contributed by atoms with Gasteiger partial charge in [0.1, 0.15) is 0 Å². The third-order valence-electron chi connectivity index (χ3n) is 3.85. The Balaban J connectivity index is -0.000000157. The molecule has 0 aromatic carbocycles. The van der Waals surface area contributed by atoms with Gasteiger partial charge < -0.3 is 72.3 Å². The Bertz CT molecular complexity index is 426. The molecule has 21 heteroatoms. The van der Waals surface area contributed by atoms with Crippen molar-refractivity contribution in [3.05, 3.63) is 0 Å². The largest absolute Gasteiger partial charge is 4.00 e. The van der Waals surface area contributed by atoms with E-state index in [1.54, 1.807) is 83.1 Å². The molecule has 0 spiro atoms. The monoisotopic (exact) mass is 744 g/mol. The van der Waals surface area contributed by atoms with E-state index in [0.29, 0.717) is 79.3 Å². The van der Waals surface area contributed by atoms with E-state index in [1.807, 2.05) is 0 Å². The molecule has 0 saturated carbocycles. The van der Waals surface area contributed by atoms with Gasteiger partial charge in [0.05, 0.1) is 0 Å². The summed E-state index contributed by atoms with van der Waals surface area (Å²) >= 11 is 0. The fourth-order valence-corrected chi connectivity index (χ4v) is 7.86. The van der Waals surface area contributed by atoms with E-state index in [0.717, 1.165) is 0 Å². The first kappa shape index (κ1) is 54.9. The summed E-state index contributed by atoms with van der Waals surface area (Å²) in [6, 6.07) is 0. The average Bonchev–Trinajstić information content (AvgIpc) is 2.91. The summed E-state index contributed by atoms with van der Waals surface area (Å²) in [5.74, 6) is 0. The maximum atomic E-state index is 11.4. The van der Waals surface area contributed by atoms with Gasteiger partial charge in [-0.05, 0) is 83.1 Å². The van der Waals surface area contributed by atoms with E-state index in [1.165, 1.54) is 0 Å². The molecule has 0 heterocycles. The van der Waals surface area contributed by atoms with Crippen LogP contribution < -0.4 is 19.2 Å². The van der Waals surface area contributed by atoms with Crippen LogP contribution in [-0.4, -0.2) is 126 Å². The minimum Gasteiger partial charge on any atom is -0.793 e. The van der Waals surface area contributed by atoms with Crippen LogP contribution in [0.3, 0.4) is 0 Å². The maximum absolute atomic E-state index is 11.4. The number of rotatable bonds is 24. The molecule has 0 aliphatic carbocycles. The predicted octanol–water partition coefficient (Wildman–Crippen LogP) is -0.814. The van der Waals surface area contributed by atoms with Gasteiger partial charge in [-0.25, -0.2) is 0 Å². The molecule has 0 N–H and O–H groups in total. The zero-order valence-corrected chi connectivity index (χ0v) is 34.5. The van der Waals surface area contributed by atoms with Crippen molar-refractivity contribution in [3.8, 4) is 0 Å². The van der Waals surface area contributed by atoms with E-state index >= 15 is 0 Å². The topological polar surface area (TPSA) is 203 Å². The van der Waals surface area contributed by atoms with Crippen LogP contribution in [0.2, 0.25) is 0 Å². The van der Waals surface area contributed by atoms with Crippen molar-refractivity contribution >= 4 is 47.2 Å². The summed E-state index contributed by atoms with van der Waals surface area (Å²) < 4.78 is 58.2. The second-order valence-corrected chi connectivity index (χ2v) is 14.7. The minimum atomic E-state index is -3.50. The third kappa shape index (κ3) is 34.1. The number of hydrogen-bond acceptors (Lipinski definition) is 16. The Morgan fingerprint density at radius 2 is 0.311 bits per heavy atom. The van der Waals surface area contributed by atoms with Crippen molar-refractivity contribution in [2.75, 3.05) is 79.3 Å². The van der Waals surface area contributed by atoms with Crippen molar-refractivity contribution in [1.29, 1.82) is 0 Å². The summed E-state index contributed by atoms with van der Waals surface area (Å²) in [5.41, 5.74) is 0. The van der Waals surface area contributed by atoms with E-state index in [-0.39, 0.29) is 11.0 Å². The fraction of sp³-hybridized carbons (Fsp3) is 1.00. The molecule has 0 unspecified atom stereocenters. The van der Waals surface area contributed by atoms with E-state index in [2.05, 4.69) is 0 Å². The van der Waals surface area contributed by atoms with Crippen LogP contribution in [-0.2, 0) is 53.1 Å². The standard InChI is InChI=1S/4C6H15O4Si.Si/c4*1-4-8-11(7,9-5-2)10-6-3;/h4*4-6H2,1-3H3;/q4*-1;+4. The van der Waals surface area contributed by atoms with Crippen LogP contribution in [0.4, 0.5) is 0 Å². The zero-order valence-electron chi connectivity index (χ0n) is 29.5. The summed E-state index contributed by atoms with van der Waals surface area (Å²) in [5, 5.41) is 0. The molecule has 0 aliphatic heterocycles. The second-order valence-electron chi connectivity index (χ2n) is 7.20. The molecular formula is C24H60O16Si5. The van der Waals surface area contributed by atoms with Crippen LogP contribution in [0.5, 0.6) is 0 Å². The van der Waals surface area contributed by atoms with E-state index in [9.17, 15) is 19.2 Å². The SMILES string of the molecule is CCO[Si]([O-])(OCC)OCC.CCO[Si]([O-])(OCC)OCC.CCO[Si]([O-])(OCC)OCC.CCO[Si]([O-])(OCC)OCC.[Si+4]. The van der Waals surface area contributed by atoms with Crippen molar-refractivity contribution in [2.45, 2.75) is 83.1 Å². The summed E-state index contributed by atoms with van der Waals surface area (Å²) in [4.78, 5) is 45.5. The Labute approximate surface area is 281 Å². The van der Waals surface area contributed by atoms with Crippen molar-refractivity contribution < 1.29 is 72.3 Å². The Kier molecular flexibility index (Phi) is 43.6. The molecule has 0 saturated heterocycles. The van der Waals surface area contributed by atoms with Crippen LogP contribution in [0.1, 0.15) is 83.1 Å². The summed E-state index contributed by atoms with van der Waals surface area (Å²) in [6.45, 7) is 25.1. The Hall–Kier alpha value is 0.444. The van der Waals surface area contributed by atoms with Gasteiger partial charge in [0.15, 0.2) is 0 Å². The molecular weight excluding hydrogens is 685 g/mol. The van der Waals surface area contributed by atoms with Gasteiger partial charge in [0, 0.05) is 79.3 Å². The molecule has 272 valence electrons. The molecule has 0 rings (SSSR count). The quantitative estimate of drug-likeness (QED) is 0.111. The van der Waals surface area contributed by atoms with E-state index < -0.39 is 36.2 Å². The molecule has 0 atom stereocenters. The molecule has 0 aliphatic rings. The molecule has 0 amide bonds. The van der Waals surface area contributed by atoms with Crippen molar-refractivity contribution in [3.63, 3.8) is 0 Å². The van der Waals surface area contributed by atoms with Crippen molar-refractivity contribution in [2.24, 2.45) is 0 Å². The smallest absolute Gasteiger partial charge is 0.793 e. The van der Waals surface area contributed by atoms with Gasteiger partial charge in [0.2, 0.25) is 0 Å². The Morgan fingerprint density at radius 3 is 0.356 bits per heavy atom. The first-order chi connectivity index (χ1) is 20.7. The van der Waals surface area contributed by atoms with Gasteiger partial charge in [-0.15, -0.1) is 0 Å². The summed E-state index contributed by atoms with van der Waals surface area (Å²) in [7, 11) is -14.0. The van der Waals surface area contributed by atoms with Gasteiger partial charge in [-0.3, -0.25) is 0 Å². The predicted molar refractivity (Wildman–Crippen MR) is 168 cm³/mol. The maximum Gasteiger partial charge on any atom is 4.00 e. The molecule has 0 fully saturated rings. The van der Waals surface area contributed by atoms with E-state index in [4.69, 9.17) is 53.1 Å². The minimum absolute atomic E-state index is 0. The first-order valence-electron chi connectivity index (χ1n) is 15.2. The van der Waals surface area contributed by atoms with Crippen LogP contribution >= 0.6 is 0 Å². The normalized spacial score (nSPS) is 11.7. The third-order valence-corrected chi connectivity index (χ3v) is 11.6. The van der Waals surface area contributed by atoms with Crippen molar-refractivity contribution in [1.82, 2.24) is 0 Å². The summed E-state index contributed by atoms with van der Waals surface area (Å²) in [6.07, 6.45) is 0. The molecule has 45 heavy (non-hydrogen) atoms. The fourth-order valence-electron chi connectivity index (χ4n) is 2.62. The molecule has 16 nitrogen and oxygen atoms in total. The molecule has 0 aromatic rings. The first-order valence-corrected chi connectivity index (χ1v) is 21.7. The van der Waals surface area contributed by atoms with Crippen LogP contribution in [0, 0.1) is 0 Å². The van der Waals surface area contributed by atoms with Crippen LogP contribution in [0.15, 0.2) is 0 Å². The van der Waals surface area contributed by atoms with Gasteiger partial charge in [0.25, 0.3) is 0 Å². The van der Waals surface area contributed by atoms with Gasteiger partial charge in [-0.1, -0.05) is 0 Å². The zero-order chi connectivity index (χ0) is 35.0. The average molecular weight is 745 g/mol. The molecule has 0 radical (unpaired) electrons. The number of hydrogen-bond donors (Lipinski definition) is 0.